The highest BCUT2D eigenvalue weighted by molar-refractivity contribution is 5.94. The lowest BCUT2D eigenvalue weighted by atomic mass is 9.92. The van der Waals surface area contributed by atoms with Gasteiger partial charge in [-0.1, -0.05) is 30.3 Å². The van der Waals surface area contributed by atoms with E-state index in [0.717, 1.165) is 36.2 Å². The molecule has 1 amide bonds. The molecule has 1 aliphatic rings. The summed E-state index contributed by atoms with van der Waals surface area (Å²) in [6, 6.07) is 16.2. The summed E-state index contributed by atoms with van der Waals surface area (Å²) < 4.78 is 5.88. The van der Waals surface area contributed by atoms with E-state index in [9.17, 15) is 4.79 Å². The molecule has 1 aliphatic heterocycles. The van der Waals surface area contributed by atoms with Crippen molar-refractivity contribution >= 4 is 22.7 Å². The first kappa shape index (κ1) is 16.8. The lowest BCUT2D eigenvalue weighted by Crippen LogP contribution is -2.40. The van der Waals surface area contributed by atoms with E-state index in [0.29, 0.717) is 23.9 Å². The van der Waals surface area contributed by atoms with Crippen molar-refractivity contribution in [3.63, 3.8) is 0 Å². The summed E-state index contributed by atoms with van der Waals surface area (Å²) in [7, 11) is 0. The minimum atomic E-state index is 0.0605. The fourth-order valence-corrected chi connectivity index (χ4v) is 3.51. The van der Waals surface area contributed by atoms with E-state index >= 15 is 0 Å². The molecular weight excluding hydrogens is 326 g/mol. The van der Waals surface area contributed by atoms with Crippen LogP contribution in [0.5, 0.6) is 0 Å². The molecule has 134 valence electrons. The van der Waals surface area contributed by atoms with Crippen LogP contribution in [0.4, 0.5) is 5.69 Å². The van der Waals surface area contributed by atoms with E-state index in [1.54, 1.807) is 0 Å². The van der Waals surface area contributed by atoms with Gasteiger partial charge in [0.25, 0.3) is 0 Å². The van der Waals surface area contributed by atoms with Gasteiger partial charge in [-0.25, -0.2) is 4.98 Å². The fraction of sp³-hybridized carbons (Fsp3) is 0.333. The average Bonchev–Trinajstić information content (AvgIpc) is 3.04. The van der Waals surface area contributed by atoms with Gasteiger partial charge in [-0.3, -0.25) is 4.79 Å². The van der Waals surface area contributed by atoms with Crippen molar-refractivity contribution < 1.29 is 9.21 Å². The van der Waals surface area contributed by atoms with Crippen LogP contribution in [0.3, 0.4) is 0 Å². The molecule has 3 aromatic rings. The molecule has 1 aromatic heterocycles. The van der Waals surface area contributed by atoms with Crippen molar-refractivity contribution in [3.05, 3.63) is 60.0 Å². The van der Waals surface area contributed by atoms with Crippen molar-refractivity contribution in [2.24, 2.45) is 5.92 Å². The molecule has 4 rings (SSSR count). The zero-order chi connectivity index (χ0) is 17.9. The van der Waals surface area contributed by atoms with Gasteiger partial charge in [-0.15, -0.1) is 0 Å². The van der Waals surface area contributed by atoms with E-state index in [2.05, 4.69) is 34.7 Å². The second-order valence-corrected chi connectivity index (χ2v) is 7.02. The van der Waals surface area contributed by atoms with Crippen molar-refractivity contribution in [2.75, 3.05) is 11.9 Å². The Labute approximate surface area is 152 Å². The molecule has 0 spiro atoms. The highest BCUT2D eigenvalue weighted by Gasteiger charge is 2.24. The van der Waals surface area contributed by atoms with Crippen LogP contribution in [-0.4, -0.2) is 23.5 Å². The number of carbonyl (C=O) groups is 1. The normalized spacial score (nSPS) is 20.2. The van der Waals surface area contributed by atoms with Crippen molar-refractivity contribution in [1.29, 1.82) is 0 Å². The maximum absolute atomic E-state index is 12.5. The van der Waals surface area contributed by atoms with Gasteiger partial charge in [-0.05, 0) is 44.0 Å². The van der Waals surface area contributed by atoms with Gasteiger partial charge in [-0.2, -0.15) is 0 Å². The molecule has 5 heteroatoms. The van der Waals surface area contributed by atoms with Gasteiger partial charge < -0.3 is 15.1 Å². The summed E-state index contributed by atoms with van der Waals surface area (Å²) in [6.45, 7) is 3.01. The largest absolute Gasteiger partial charge is 0.440 e. The topological polar surface area (TPSA) is 67.2 Å². The van der Waals surface area contributed by atoms with Crippen LogP contribution in [0.2, 0.25) is 0 Å². The smallest absolute Gasteiger partial charge is 0.227 e. The van der Waals surface area contributed by atoms with E-state index in [1.807, 2.05) is 36.4 Å². The molecule has 26 heavy (non-hydrogen) atoms. The Balaban J connectivity index is 1.48. The van der Waals surface area contributed by atoms with Crippen LogP contribution in [0, 0.1) is 5.92 Å². The van der Waals surface area contributed by atoms with Crippen LogP contribution < -0.4 is 10.6 Å². The van der Waals surface area contributed by atoms with E-state index in [1.165, 1.54) is 0 Å². The quantitative estimate of drug-likeness (QED) is 0.753. The molecule has 2 aromatic carbocycles. The molecule has 0 bridgehead atoms. The maximum Gasteiger partial charge on any atom is 0.227 e. The zero-order valence-electron chi connectivity index (χ0n) is 14.9. The number of benzene rings is 2. The standard InChI is InChI=1S/C21H23N3O2/c1-14-11-16(9-10-22-14)21(25)23-17-7-8-18-19(13-17)26-20(24-18)12-15-5-3-2-4-6-15/h2-8,13-14,16,22H,9-12H2,1H3,(H,23,25)/t14-,16-/m0/s1. The summed E-state index contributed by atoms with van der Waals surface area (Å²) in [6.07, 6.45) is 2.41. The monoisotopic (exact) mass is 349 g/mol. The molecule has 0 saturated carbocycles. The average molecular weight is 349 g/mol. The Morgan fingerprint density at radius 3 is 2.92 bits per heavy atom. The first-order valence-electron chi connectivity index (χ1n) is 9.15. The van der Waals surface area contributed by atoms with Gasteiger partial charge in [0.05, 0.1) is 0 Å². The van der Waals surface area contributed by atoms with E-state index in [-0.39, 0.29) is 11.8 Å². The predicted octanol–water partition coefficient (Wildman–Crippen LogP) is 3.75. The number of hydrogen-bond donors (Lipinski definition) is 2. The number of carbonyl (C=O) groups excluding carboxylic acids is 1. The number of aromatic nitrogens is 1. The van der Waals surface area contributed by atoms with Gasteiger partial charge in [0.1, 0.15) is 5.52 Å². The van der Waals surface area contributed by atoms with Crippen molar-refractivity contribution in [1.82, 2.24) is 10.3 Å². The SMILES string of the molecule is C[C@H]1C[C@@H](C(=O)Nc2ccc3nc(Cc4ccccc4)oc3c2)CCN1. The minimum absolute atomic E-state index is 0.0605. The molecule has 1 saturated heterocycles. The zero-order valence-corrected chi connectivity index (χ0v) is 14.9. The second kappa shape index (κ2) is 7.30. The molecule has 5 nitrogen and oxygen atoms in total. The van der Waals surface area contributed by atoms with E-state index in [4.69, 9.17) is 4.42 Å². The predicted molar refractivity (Wildman–Crippen MR) is 102 cm³/mol. The first-order chi connectivity index (χ1) is 12.7. The van der Waals surface area contributed by atoms with Crippen LogP contribution in [0.1, 0.15) is 31.2 Å². The van der Waals surface area contributed by atoms with Gasteiger partial charge >= 0.3 is 0 Å². The molecule has 2 heterocycles. The number of fused-ring (bicyclic) bond motifs is 1. The molecule has 2 N–H and O–H groups in total. The van der Waals surface area contributed by atoms with Gasteiger partial charge in [0.15, 0.2) is 11.5 Å². The summed E-state index contributed by atoms with van der Waals surface area (Å²) >= 11 is 0. The number of piperidine rings is 1. The Morgan fingerprint density at radius 2 is 2.12 bits per heavy atom. The number of nitrogens with one attached hydrogen (secondary N) is 2. The van der Waals surface area contributed by atoms with Crippen LogP contribution in [0.15, 0.2) is 52.9 Å². The third kappa shape index (κ3) is 3.78. The highest BCUT2D eigenvalue weighted by Crippen LogP contribution is 2.23. The molecule has 1 fully saturated rings. The minimum Gasteiger partial charge on any atom is -0.440 e. The number of oxazole rings is 1. The Morgan fingerprint density at radius 1 is 1.27 bits per heavy atom. The Bertz CT molecular complexity index is 904. The molecule has 2 atom stereocenters. The molecule has 0 aliphatic carbocycles. The number of anilines is 1. The van der Waals surface area contributed by atoms with Crippen LogP contribution >= 0.6 is 0 Å². The highest BCUT2D eigenvalue weighted by atomic mass is 16.3. The Kier molecular flexibility index (Phi) is 4.71. The Hall–Kier alpha value is -2.66. The maximum atomic E-state index is 12.5. The van der Waals surface area contributed by atoms with Crippen LogP contribution in [-0.2, 0) is 11.2 Å². The van der Waals surface area contributed by atoms with Gasteiger partial charge in [0, 0.05) is 30.1 Å². The number of amides is 1. The number of rotatable bonds is 4. The molecule has 0 unspecified atom stereocenters. The summed E-state index contributed by atoms with van der Waals surface area (Å²) in [5.74, 6) is 0.828. The second-order valence-electron chi connectivity index (χ2n) is 7.02. The molecule has 0 radical (unpaired) electrons. The number of hydrogen-bond acceptors (Lipinski definition) is 4. The molecular formula is C21H23N3O2. The fourth-order valence-electron chi connectivity index (χ4n) is 3.51. The van der Waals surface area contributed by atoms with Gasteiger partial charge in [0.2, 0.25) is 5.91 Å². The third-order valence-electron chi connectivity index (χ3n) is 4.89. The van der Waals surface area contributed by atoms with Crippen molar-refractivity contribution in [2.45, 2.75) is 32.2 Å². The summed E-state index contributed by atoms with van der Waals surface area (Å²) in [5.41, 5.74) is 3.43. The summed E-state index contributed by atoms with van der Waals surface area (Å²) in [5, 5.41) is 6.40. The van der Waals surface area contributed by atoms with Crippen LogP contribution in [0.25, 0.3) is 11.1 Å². The van der Waals surface area contributed by atoms with Crippen molar-refractivity contribution in [3.8, 4) is 0 Å². The number of nitrogens with zero attached hydrogens (tertiary/aromatic N) is 1. The lowest BCUT2D eigenvalue weighted by Gasteiger charge is -2.27. The third-order valence-corrected chi connectivity index (χ3v) is 4.89. The lowest BCUT2D eigenvalue weighted by molar-refractivity contribution is -0.120. The summed E-state index contributed by atoms with van der Waals surface area (Å²) in [4.78, 5) is 17.1. The van der Waals surface area contributed by atoms with E-state index < -0.39 is 0 Å². The first-order valence-corrected chi connectivity index (χ1v) is 9.15.